The number of hydrogen-bond acceptors (Lipinski definition) is 4. The number of benzene rings is 2. The lowest BCUT2D eigenvalue weighted by Gasteiger charge is -2.35. The molecule has 2 aromatic rings. The molecule has 1 aliphatic carbocycles. The molecule has 0 saturated heterocycles. The Morgan fingerprint density at radius 1 is 1.00 bits per heavy atom. The Morgan fingerprint density at radius 2 is 1.81 bits per heavy atom. The molecule has 5 heteroatoms. The summed E-state index contributed by atoms with van der Waals surface area (Å²) in [6, 6.07) is 16.1. The number of carbonyl (C=O) groups excluding carboxylic acids is 1. The van der Waals surface area contributed by atoms with Gasteiger partial charge in [0, 0.05) is 25.1 Å². The highest BCUT2D eigenvalue weighted by Crippen LogP contribution is 2.31. The van der Waals surface area contributed by atoms with Crippen LogP contribution in [0.25, 0.3) is 0 Å². The van der Waals surface area contributed by atoms with Gasteiger partial charge in [0.15, 0.2) is 11.5 Å². The maximum Gasteiger partial charge on any atom is 0.246 e. The lowest BCUT2D eigenvalue weighted by molar-refractivity contribution is -0.127. The second kappa shape index (κ2) is 9.84. The molecule has 0 N–H and O–H groups in total. The molecule has 0 saturated carbocycles. The summed E-state index contributed by atoms with van der Waals surface area (Å²) in [4.78, 5) is 14.6. The molecule has 0 radical (unpaired) electrons. The molecule has 0 aromatic heterocycles. The standard InChI is InChI=1S/C26H29NO4/c1-29-24-11-8-19(14-25(24)30-2)12-13-27-17-22-15-23(10-9-21(22)16-26(27)28)31-18-20-6-4-3-5-7-20/h3-11,14,16,22-23H,12-13,15,17-18H2,1-2H3/t22-,23+/m0/s1. The monoisotopic (exact) mass is 419 g/mol. The first-order valence-electron chi connectivity index (χ1n) is 10.7. The molecule has 2 aromatic carbocycles. The minimum Gasteiger partial charge on any atom is -0.493 e. The summed E-state index contributed by atoms with van der Waals surface area (Å²) in [6.45, 7) is 2.00. The molecule has 0 unspecified atom stereocenters. The molecule has 2 aliphatic rings. The topological polar surface area (TPSA) is 48.0 Å². The fourth-order valence-electron chi connectivity index (χ4n) is 4.19. The highest BCUT2D eigenvalue weighted by molar-refractivity contribution is 5.90. The normalized spacial score (nSPS) is 20.3. The summed E-state index contributed by atoms with van der Waals surface area (Å²) in [5, 5.41) is 0. The Hall–Kier alpha value is -3.05. The van der Waals surface area contributed by atoms with Crippen LogP contribution in [0.3, 0.4) is 0 Å². The van der Waals surface area contributed by atoms with Gasteiger partial charge in [0.25, 0.3) is 0 Å². The third kappa shape index (κ3) is 5.17. The number of allylic oxidation sites excluding steroid dienone is 1. The van der Waals surface area contributed by atoms with Gasteiger partial charge in [-0.1, -0.05) is 48.6 Å². The molecule has 1 amide bonds. The van der Waals surface area contributed by atoms with Gasteiger partial charge in [0.2, 0.25) is 5.91 Å². The quantitative estimate of drug-likeness (QED) is 0.644. The molecule has 0 fully saturated rings. The Labute approximate surface area is 183 Å². The zero-order valence-corrected chi connectivity index (χ0v) is 18.1. The van der Waals surface area contributed by atoms with Gasteiger partial charge in [0.1, 0.15) is 0 Å². The van der Waals surface area contributed by atoms with E-state index in [2.05, 4.69) is 24.3 Å². The zero-order valence-electron chi connectivity index (χ0n) is 18.1. The van der Waals surface area contributed by atoms with Crippen molar-refractivity contribution >= 4 is 5.91 Å². The van der Waals surface area contributed by atoms with Crippen molar-refractivity contribution in [3.8, 4) is 11.5 Å². The zero-order chi connectivity index (χ0) is 21.6. The Morgan fingerprint density at radius 3 is 2.58 bits per heavy atom. The van der Waals surface area contributed by atoms with Crippen LogP contribution < -0.4 is 9.47 Å². The molecule has 31 heavy (non-hydrogen) atoms. The number of ether oxygens (including phenoxy) is 3. The second-order valence-electron chi connectivity index (χ2n) is 7.99. The van der Waals surface area contributed by atoms with Crippen LogP contribution in [0.5, 0.6) is 11.5 Å². The summed E-state index contributed by atoms with van der Waals surface area (Å²) >= 11 is 0. The maximum absolute atomic E-state index is 12.6. The molecule has 0 spiro atoms. The van der Waals surface area contributed by atoms with Gasteiger partial charge in [0.05, 0.1) is 26.9 Å². The minimum absolute atomic E-state index is 0.0725. The van der Waals surface area contributed by atoms with E-state index in [-0.39, 0.29) is 12.0 Å². The van der Waals surface area contributed by atoms with E-state index in [1.54, 1.807) is 20.3 Å². The summed E-state index contributed by atoms with van der Waals surface area (Å²) in [5.41, 5.74) is 3.41. The summed E-state index contributed by atoms with van der Waals surface area (Å²) in [6.07, 6.45) is 7.67. The van der Waals surface area contributed by atoms with Gasteiger partial charge in [-0.05, 0) is 41.7 Å². The number of methoxy groups -OCH3 is 2. The molecule has 4 rings (SSSR count). The van der Waals surface area contributed by atoms with E-state index in [4.69, 9.17) is 14.2 Å². The molecular formula is C26H29NO4. The van der Waals surface area contributed by atoms with Crippen molar-refractivity contribution in [2.45, 2.75) is 25.6 Å². The van der Waals surface area contributed by atoms with Gasteiger partial charge < -0.3 is 19.1 Å². The fraction of sp³-hybridized carbons (Fsp3) is 0.346. The van der Waals surface area contributed by atoms with E-state index in [0.29, 0.717) is 30.6 Å². The summed E-state index contributed by atoms with van der Waals surface area (Å²) in [7, 11) is 3.26. The van der Waals surface area contributed by atoms with E-state index in [9.17, 15) is 4.79 Å². The average molecular weight is 420 g/mol. The van der Waals surface area contributed by atoms with Crippen molar-refractivity contribution in [3.05, 3.63) is 83.5 Å². The lowest BCUT2D eigenvalue weighted by Crippen LogP contribution is -2.42. The average Bonchev–Trinajstić information content (AvgIpc) is 2.81. The first-order valence-corrected chi connectivity index (χ1v) is 10.7. The Bertz CT molecular complexity index is 967. The van der Waals surface area contributed by atoms with E-state index >= 15 is 0 Å². The SMILES string of the molecule is COc1ccc(CCN2C[C@@H]3C[C@H](OCc4ccccc4)C=CC3=CC2=O)cc1OC. The maximum atomic E-state index is 12.6. The number of fused-ring (bicyclic) bond motifs is 1. The highest BCUT2D eigenvalue weighted by Gasteiger charge is 2.30. The smallest absolute Gasteiger partial charge is 0.246 e. The largest absolute Gasteiger partial charge is 0.493 e. The fourth-order valence-corrected chi connectivity index (χ4v) is 4.19. The number of nitrogens with zero attached hydrogens (tertiary/aromatic N) is 1. The molecule has 1 aliphatic heterocycles. The predicted molar refractivity (Wildman–Crippen MR) is 120 cm³/mol. The van der Waals surface area contributed by atoms with E-state index in [1.807, 2.05) is 41.3 Å². The molecule has 5 nitrogen and oxygen atoms in total. The first kappa shape index (κ1) is 21.2. The van der Waals surface area contributed by atoms with Crippen LogP contribution in [0.1, 0.15) is 17.5 Å². The van der Waals surface area contributed by atoms with Gasteiger partial charge >= 0.3 is 0 Å². The summed E-state index contributed by atoms with van der Waals surface area (Å²) in [5.74, 6) is 1.82. The van der Waals surface area contributed by atoms with E-state index in [0.717, 1.165) is 30.5 Å². The molecule has 1 heterocycles. The van der Waals surface area contributed by atoms with Gasteiger partial charge in [-0.2, -0.15) is 0 Å². The van der Waals surface area contributed by atoms with E-state index < -0.39 is 0 Å². The lowest BCUT2D eigenvalue weighted by atomic mass is 9.84. The van der Waals surface area contributed by atoms with E-state index in [1.165, 1.54) is 5.56 Å². The second-order valence-corrected chi connectivity index (χ2v) is 7.99. The van der Waals surface area contributed by atoms with Crippen molar-refractivity contribution in [1.82, 2.24) is 4.90 Å². The van der Waals surface area contributed by atoms with Crippen LogP contribution in [-0.4, -0.2) is 44.2 Å². The minimum atomic E-state index is 0.0725. The number of carbonyl (C=O) groups is 1. The molecule has 2 atom stereocenters. The van der Waals surface area contributed by atoms with Crippen molar-refractivity contribution in [1.29, 1.82) is 0 Å². The van der Waals surface area contributed by atoms with Crippen LogP contribution >= 0.6 is 0 Å². The van der Waals surface area contributed by atoms with Crippen molar-refractivity contribution < 1.29 is 19.0 Å². The third-order valence-electron chi connectivity index (χ3n) is 5.96. The predicted octanol–water partition coefficient (Wildman–Crippen LogP) is 4.18. The molecule has 162 valence electrons. The van der Waals surface area contributed by atoms with Gasteiger partial charge in [-0.25, -0.2) is 0 Å². The van der Waals surface area contributed by atoms with Crippen molar-refractivity contribution in [3.63, 3.8) is 0 Å². The first-order chi connectivity index (χ1) is 15.2. The third-order valence-corrected chi connectivity index (χ3v) is 5.96. The van der Waals surface area contributed by atoms with Crippen LogP contribution in [0.4, 0.5) is 0 Å². The number of amides is 1. The van der Waals surface area contributed by atoms with Gasteiger partial charge in [-0.3, -0.25) is 4.79 Å². The highest BCUT2D eigenvalue weighted by atomic mass is 16.5. The molecular weight excluding hydrogens is 390 g/mol. The van der Waals surface area contributed by atoms with Crippen LogP contribution in [0, 0.1) is 5.92 Å². The van der Waals surface area contributed by atoms with Crippen molar-refractivity contribution in [2.24, 2.45) is 5.92 Å². The number of hydrogen-bond donors (Lipinski definition) is 0. The van der Waals surface area contributed by atoms with Crippen LogP contribution in [0.2, 0.25) is 0 Å². The summed E-state index contributed by atoms with van der Waals surface area (Å²) < 4.78 is 16.8. The molecule has 0 bridgehead atoms. The number of rotatable bonds is 8. The Balaban J connectivity index is 1.35. The van der Waals surface area contributed by atoms with Crippen LogP contribution in [-0.2, 0) is 22.6 Å². The Kier molecular flexibility index (Phi) is 6.73. The van der Waals surface area contributed by atoms with Crippen LogP contribution in [0.15, 0.2) is 72.3 Å². The van der Waals surface area contributed by atoms with Gasteiger partial charge in [-0.15, -0.1) is 0 Å². The van der Waals surface area contributed by atoms with Crippen molar-refractivity contribution in [2.75, 3.05) is 27.3 Å².